The van der Waals surface area contributed by atoms with Crippen molar-refractivity contribution in [2.45, 2.75) is 19.8 Å². The molecule has 130 valence electrons. The standard InChI is InChI=1S/C19H20N2O4/c1-2-3-14-6-10-17(11-7-14)25-13-18(22)21-20-12-15-4-8-16(9-5-15)19(23)24/h4-12H,2-3,13H2,1H3,(H,21,22)(H,23,24)/b20-12+. The molecule has 0 aliphatic heterocycles. The number of hydrogen-bond donors (Lipinski definition) is 2. The monoisotopic (exact) mass is 340 g/mol. The molecule has 0 aliphatic rings. The Kier molecular flexibility index (Phi) is 6.71. The van der Waals surface area contributed by atoms with Crippen LogP contribution in [0.25, 0.3) is 0 Å². The van der Waals surface area contributed by atoms with E-state index in [0.717, 1.165) is 12.8 Å². The second-order valence-electron chi connectivity index (χ2n) is 5.40. The Labute approximate surface area is 146 Å². The molecule has 0 bridgehead atoms. The summed E-state index contributed by atoms with van der Waals surface area (Å²) in [6.07, 6.45) is 3.53. The molecule has 2 aromatic rings. The molecule has 6 heteroatoms. The number of nitrogens with zero attached hydrogens (tertiary/aromatic N) is 1. The Hall–Kier alpha value is -3.15. The Bertz CT molecular complexity index is 737. The molecule has 0 unspecified atom stereocenters. The maximum atomic E-state index is 11.7. The highest BCUT2D eigenvalue weighted by atomic mass is 16.5. The molecule has 0 heterocycles. The van der Waals surface area contributed by atoms with Gasteiger partial charge in [0.1, 0.15) is 5.75 Å². The molecule has 0 aromatic heterocycles. The average molecular weight is 340 g/mol. The Balaban J connectivity index is 1.77. The molecular weight excluding hydrogens is 320 g/mol. The number of ether oxygens (including phenoxy) is 1. The first-order chi connectivity index (χ1) is 12.1. The van der Waals surface area contributed by atoms with Gasteiger partial charge in [-0.3, -0.25) is 4.79 Å². The van der Waals surface area contributed by atoms with Crippen molar-refractivity contribution >= 4 is 18.1 Å². The number of aromatic carboxylic acids is 1. The summed E-state index contributed by atoms with van der Waals surface area (Å²) < 4.78 is 5.39. The lowest BCUT2D eigenvalue weighted by atomic mass is 10.1. The number of carbonyl (C=O) groups is 2. The summed E-state index contributed by atoms with van der Waals surface area (Å²) in [5.41, 5.74) is 4.47. The molecule has 1 amide bonds. The number of carboxylic acids is 1. The molecule has 0 atom stereocenters. The first-order valence-corrected chi connectivity index (χ1v) is 7.95. The van der Waals surface area contributed by atoms with Gasteiger partial charge in [0.15, 0.2) is 6.61 Å². The van der Waals surface area contributed by atoms with E-state index in [4.69, 9.17) is 9.84 Å². The molecule has 6 nitrogen and oxygen atoms in total. The number of benzene rings is 2. The molecule has 0 spiro atoms. The summed E-state index contributed by atoms with van der Waals surface area (Å²) in [5, 5.41) is 12.6. The van der Waals surface area contributed by atoms with Crippen LogP contribution in [0.5, 0.6) is 5.75 Å². The van der Waals surface area contributed by atoms with Crippen molar-refractivity contribution in [3.63, 3.8) is 0 Å². The number of hydrazone groups is 1. The second kappa shape index (κ2) is 9.22. The molecule has 0 radical (unpaired) electrons. The average Bonchev–Trinajstić information content (AvgIpc) is 2.62. The third kappa shape index (κ3) is 6.10. The fraction of sp³-hybridized carbons (Fsp3) is 0.211. The molecule has 0 fully saturated rings. The van der Waals surface area contributed by atoms with Crippen LogP contribution < -0.4 is 10.2 Å². The van der Waals surface area contributed by atoms with Crippen molar-refractivity contribution in [3.05, 3.63) is 65.2 Å². The fourth-order valence-corrected chi connectivity index (χ4v) is 2.11. The van der Waals surface area contributed by atoms with Crippen molar-refractivity contribution < 1.29 is 19.4 Å². The van der Waals surface area contributed by atoms with E-state index in [1.807, 2.05) is 24.3 Å². The maximum Gasteiger partial charge on any atom is 0.335 e. The summed E-state index contributed by atoms with van der Waals surface area (Å²) >= 11 is 0. The first-order valence-electron chi connectivity index (χ1n) is 7.95. The minimum Gasteiger partial charge on any atom is -0.484 e. The van der Waals surface area contributed by atoms with E-state index in [-0.39, 0.29) is 18.1 Å². The third-order valence-electron chi connectivity index (χ3n) is 3.39. The highest BCUT2D eigenvalue weighted by Crippen LogP contribution is 2.13. The van der Waals surface area contributed by atoms with Crippen molar-refractivity contribution in [2.24, 2.45) is 5.10 Å². The fourth-order valence-electron chi connectivity index (χ4n) is 2.11. The van der Waals surface area contributed by atoms with Crippen LogP contribution in [-0.4, -0.2) is 29.8 Å². The summed E-state index contributed by atoms with van der Waals surface area (Å²) in [6.45, 7) is 1.98. The second-order valence-corrected chi connectivity index (χ2v) is 5.40. The maximum absolute atomic E-state index is 11.7. The Morgan fingerprint density at radius 1 is 1.12 bits per heavy atom. The summed E-state index contributed by atoms with van der Waals surface area (Å²) in [4.78, 5) is 22.4. The van der Waals surface area contributed by atoms with Crippen LogP contribution in [0.3, 0.4) is 0 Å². The van der Waals surface area contributed by atoms with Crippen molar-refractivity contribution in [2.75, 3.05) is 6.61 Å². The molecule has 2 rings (SSSR count). The smallest absolute Gasteiger partial charge is 0.335 e. The van der Waals surface area contributed by atoms with E-state index in [0.29, 0.717) is 11.3 Å². The van der Waals surface area contributed by atoms with Gasteiger partial charge in [-0.2, -0.15) is 5.10 Å². The molecule has 0 saturated heterocycles. The van der Waals surface area contributed by atoms with Gasteiger partial charge < -0.3 is 9.84 Å². The van der Waals surface area contributed by atoms with Gasteiger partial charge in [0.05, 0.1) is 11.8 Å². The summed E-state index contributed by atoms with van der Waals surface area (Å²) in [6, 6.07) is 13.8. The predicted octanol–water partition coefficient (Wildman–Crippen LogP) is 2.87. The van der Waals surface area contributed by atoms with Crippen LogP contribution in [0.2, 0.25) is 0 Å². The van der Waals surface area contributed by atoms with Gasteiger partial charge >= 0.3 is 5.97 Å². The lowest BCUT2D eigenvalue weighted by Gasteiger charge is -2.06. The lowest BCUT2D eigenvalue weighted by molar-refractivity contribution is -0.123. The number of amides is 1. The minimum absolute atomic E-state index is 0.136. The lowest BCUT2D eigenvalue weighted by Crippen LogP contribution is -2.24. The van der Waals surface area contributed by atoms with Crippen LogP contribution in [-0.2, 0) is 11.2 Å². The van der Waals surface area contributed by atoms with Gasteiger partial charge in [0.25, 0.3) is 5.91 Å². The van der Waals surface area contributed by atoms with Crippen LogP contribution in [0.1, 0.15) is 34.8 Å². The predicted molar refractivity (Wildman–Crippen MR) is 95.1 cm³/mol. The van der Waals surface area contributed by atoms with E-state index >= 15 is 0 Å². The zero-order valence-corrected chi connectivity index (χ0v) is 13.9. The highest BCUT2D eigenvalue weighted by Gasteiger charge is 2.02. The van der Waals surface area contributed by atoms with Gasteiger partial charge in [0, 0.05) is 0 Å². The van der Waals surface area contributed by atoms with Gasteiger partial charge in [-0.15, -0.1) is 0 Å². The van der Waals surface area contributed by atoms with E-state index in [9.17, 15) is 9.59 Å². The van der Waals surface area contributed by atoms with Crippen molar-refractivity contribution in [3.8, 4) is 5.75 Å². The Morgan fingerprint density at radius 3 is 2.40 bits per heavy atom. The van der Waals surface area contributed by atoms with E-state index < -0.39 is 5.97 Å². The van der Waals surface area contributed by atoms with Crippen LogP contribution in [0.4, 0.5) is 0 Å². The third-order valence-corrected chi connectivity index (χ3v) is 3.39. The van der Waals surface area contributed by atoms with Crippen LogP contribution in [0.15, 0.2) is 53.6 Å². The van der Waals surface area contributed by atoms with Crippen LogP contribution >= 0.6 is 0 Å². The van der Waals surface area contributed by atoms with Gasteiger partial charge in [-0.1, -0.05) is 37.6 Å². The number of carboxylic acid groups (broad SMARTS) is 1. The van der Waals surface area contributed by atoms with Gasteiger partial charge in [-0.25, -0.2) is 10.2 Å². The van der Waals surface area contributed by atoms with Crippen molar-refractivity contribution in [1.29, 1.82) is 0 Å². The number of nitrogens with one attached hydrogen (secondary N) is 1. The molecule has 0 saturated carbocycles. The van der Waals surface area contributed by atoms with E-state index in [1.54, 1.807) is 12.1 Å². The van der Waals surface area contributed by atoms with E-state index in [1.165, 1.54) is 23.9 Å². The zero-order valence-electron chi connectivity index (χ0n) is 13.9. The van der Waals surface area contributed by atoms with Gasteiger partial charge in [-0.05, 0) is 41.8 Å². The quantitative estimate of drug-likeness (QED) is 0.571. The van der Waals surface area contributed by atoms with Crippen LogP contribution in [0, 0.1) is 0 Å². The molecule has 2 N–H and O–H groups in total. The number of aryl methyl sites for hydroxylation is 1. The largest absolute Gasteiger partial charge is 0.484 e. The molecule has 0 aliphatic carbocycles. The highest BCUT2D eigenvalue weighted by molar-refractivity contribution is 5.89. The summed E-state index contributed by atoms with van der Waals surface area (Å²) in [5.74, 6) is -0.740. The topological polar surface area (TPSA) is 88.0 Å². The van der Waals surface area contributed by atoms with Gasteiger partial charge in [0.2, 0.25) is 0 Å². The number of hydrogen-bond acceptors (Lipinski definition) is 4. The normalized spacial score (nSPS) is 10.6. The van der Waals surface area contributed by atoms with Crippen molar-refractivity contribution in [1.82, 2.24) is 5.43 Å². The zero-order chi connectivity index (χ0) is 18.1. The molecule has 25 heavy (non-hydrogen) atoms. The Morgan fingerprint density at radius 2 is 1.80 bits per heavy atom. The molecule has 2 aromatic carbocycles. The minimum atomic E-state index is -0.989. The SMILES string of the molecule is CCCc1ccc(OCC(=O)N/N=C/c2ccc(C(=O)O)cc2)cc1. The molecular formula is C19H20N2O4. The number of rotatable bonds is 8. The number of carbonyl (C=O) groups excluding carboxylic acids is 1. The first kappa shape index (κ1) is 18.2. The summed E-state index contributed by atoms with van der Waals surface area (Å²) in [7, 11) is 0. The van der Waals surface area contributed by atoms with E-state index in [2.05, 4.69) is 17.5 Å².